The van der Waals surface area contributed by atoms with Gasteiger partial charge < -0.3 is 9.72 Å². The maximum Gasteiger partial charge on any atom is 0.298 e. The summed E-state index contributed by atoms with van der Waals surface area (Å²) in [6.45, 7) is 0. The van der Waals surface area contributed by atoms with Gasteiger partial charge in [-0.3, -0.25) is 9.78 Å². The van der Waals surface area contributed by atoms with Crippen LogP contribution in [0.3, 0.4) is 0 Å². The molecule has 0 saturated heterocycles. The Hall–Kier alpha value is -3.48. The van der Waals surface area contributed by atoms with Crippen LogP contribution in [-0.4, -0.2) is 33.0 Å². The second-order valence-electron chi connectivity index (χ2n) is 5.18. The Labute approximate surface area is 136 Å². The van der Waals surface area contributed by atoms with Crippen molar-refractivity contribution in [2.24, 2.45) is 5.10 Å². The number of hydrogen-bond donors (Lipinski definition) is 1. The van der Waals surface area contributed by atoms with Gasteiger partial charge in [0.15, 0.2) is 0 Å². The largest absolute Gasteiger partial charge is 0.497 e. The molecule has 0 unspecified atom stereocenters. The van der Waals surface area contributed by atoms with Crippen molar-refractivity contribution in [3.63, 3.8) is 0 Å². The first-order valence-corrected chi connectivity index (χ1v) is 7.28. The highest BCUT2D eigenvalue weighted by molar-refractivity contribution is 6.04. The highest BCUT2D eigenvalue weighted by atomic mass is 16.5. The number of benzene rings is 1. The Morgan fingerprint density at radius 3 is 2.88 bits per heavy atom. The van der Waals surface area contributed by atoms with E-state index in [1.54, 1.807) is 37.9 Å². The Morgan fingerprint density at radius 1 is 1.25 bits per heavy atom. The van der Waals surface area contributed by atoms with Crippen molar-refractivity contribution in [1.29, 1.82) is 0 Å². The van der Waals surface area contributed by atoms with Crippen LogP contribution in [0.2, 0.25) is 0 Å². The standard InChI is InChI=1S/C17H13N5O2/c1-24-12-2-3-13-14(8-12)21-16-15(13)19-10-22(17(16)23)20-9-11-4-6-18-7-5-11/h2-10,21H,1H3. The number of methoxy groups -OCH3 is 1. The van der Waals surface area contributed by atoms with Gasteiger partial charge in [-0.15, -0.1) is 0 Å². The molecular formula is C17H13N5O2. The lowest BCUT2D eigenvalue weighted by molar-refractivity contribution is 0.415. The van der Waals surface area contributed by atoms with Gasteiger partial charge in [-0.05, 0) is 29.8 Å². The SMILES string of the molecule is COc1ccc2c(c1)[nH]c1c(=O)n(N=Cc3ccncc3)cnc12. The van der Waals surface area contributed by atoms with E-state index >= 15 is 0 Å². The van der Waals surface area contributed by atoms with Gasteiger partial charge in [-0.25, -0.2) is 4.98 Å². The van der Waals surface area contributed by atoms with E-state index in [0.717, 1.165) is 16.5 Å². The average molecular weight is 319 g/mol. The van der Waals surface area contributed by atoms with Crippen molar-refractivity contribution in [3.05, 3.63) is 65.0 Å². The number of nitrogens with zero attached hydrogens (tertiary/aromatic N) is 4. The van der Waals surface area contributed by atoms with E-state index in [0.29, 0.717) is 16.8 Å². The zero-order chi connectivity index (χ0) is 16.5. The van der Waals surface area contributed by atoms with Crippen LogP contribution in [0.5, 0.6) is 5.75 Å². The van der Waals surface area contributed by atoms with Gasteiger partial charge in [-0.2, -0.15) is 9.78 Å². The van der Waals surface area contributed by atoms with E-state index in [9.17, 15) is 4.79 Å². The number of nitrogens with one attached hydrogen (secondary N) is 1. The average Bonchev–Trinajstić information content (AvgIpc) is 3.00. The number of fused-ring (bicyclic) bond motifs is 3. The summed E-state index contributed by atoms with van der Waals surface area (Å²) in [7, 11) is 1.60. The molecule has 7 heteroatoms. The fraction of sp³-hybridized carbons (Fsp3) is 0.0588. The third kappa shape index (κ3) is 2.32. The molecule has 118 valence electrons. The second-order valence-corrected chi connectivity index (χ2v) is 5.18. The maximum absolute atomic E-state index is 12.6. The van der Waals surface area contributed by atoms with E-state index in [1.165, 1.54) is 11.0 Å². The van der Waals surface area contributed by atoms with Gasteiger partial charge in [0.2, 0.25) is 0 Å². The first kappa shape index (κ1) is 14.1. The van der Waals surface area contributed by atoms with E-state index in [2.05, 4.69) is 20.1 Å². The predicted molar refractivity (Wildman–Crippen MR) is 91.6 cm³/mol. The summed E-state index contributed by atoms with van der Waals surface area (Å²) in [6.07, 6.45) is 6.33. The molecule has 4 rings (SSSR count). The Morgan fingerprint density at radius 2 is 2.08 bits per heavy atom. The topological polar surface area (TPSA) is 85.2 Å². The number of aromatic nitrogens is 4. The van der Waals surface area contributed by atoms with Crippen LogP contribution in [0.1, 0.15) is 5.56 Å². The zero-order valence-corrected chi connectivity index (χ0v) is 12.8. The molecule has 0 saturated carbocycles. The molecule has 3 aromatic heterocycles. The fourth-order valence-electron chi connectivity index (χ4n) is 2.52. The summed E-state index contributed by atoms with van der Waals surface area (Å²) in [5.41, 5.74) is 2.41. The molecule has 4 aromatic rings. The van der Waals surface area contributed by atoms with Gasteiger partial charge in [0, 0.05) is 23.8 Å². The van der Waals surface area contributed by atoms with Crippen LogP contribution in [0, 0.1) is 0 Å². The lowest BCUT2D eigenvalue weighted by Gasteiger charge is -1.98. The summed E-state index contributed by atoms with van der Waals surface area (Å²) in [5, 5.41) is 5.04. The molecule has 0 radical (unpaired) electrons. The van der Waals surface area contributed by atoms with E-state index < -0.39 is 0 Å². The van der Waals surface area contributed by atoms with Crippen molar-refractivity contribution in [3.8, 4) is 5.75 Å². The van der Waals surface area contributed by atoms with Crippen molar-refractivity contribution in [2.45, 2.75) is 0 Å². The smallest absolute Gasteiger partial charge is 0.298 e. The van der Waals surface area contributed by atoms with Crippen molar-refractivity contribution in [2.75, 3.05) is 7.11 Å². The van der Waals surface area contributed by atoms with Crippen LogP contribution < -0.4 is 10.3 Å². The number of rotatable bonds is 3. The molecule has 0 bridgehead atoms. The monoisotopic (exact) mass is 319 g/mol. The van der Waals surface area contributed by atoms with Gasteiger partial charge in [-0.1, -0.05) is 0 Å². The number of H-pyrrole nitrogens is 1. The zero-order valence-electron chi connectivity index (χ0n) is 12.8. The highest BCUT2D eigenvalue weighted by Crippen LogP contribution is 2.25. The lowest BCUT2D eigenvalue weighted by atomic mass is 10.2. The fourth-order valence-corrected chi connectivity index (χ4v) is 2.52. The third-order valence-corrected chi connectivity index (χ3v) is 3.73. The van der Waals surface area contributed by atoms with Crippen LogP contribution >= 0.6 is 0 Å². The molecule has 3 heterocycles. The quantitative estimate of drug-likeness (QED) is 0.586. The molecule has 0 spiro atoms. The Balaban J connectivity index is 1.84. The van der Waals surface area contributed by atoms with Gasteiger partial charge >= 0.3 is 0 Å². The van der Waals surface area contributed by atoms with E-state index in [1.807, 2.05) is 18.2 Å². The third-order valence-electron chi connectivity index (χ3n) is 3.73. The predicted octanol–water partition coefficient (Wildman–Crippen LogP) is 2.16. The van der Waals surface area contributed by atoms with Gasteiger partial charge in [0.1, 0.15) is 23.1 Å². The highest BCUT2D eigenvalue weighted by Gasteiger charge is 2.11. The minimum atomic E-state index is -0.263. The summed E-state index contributed by atoms with van der Waals surface area (Å²) >= 11 is 0. The van der Waals surface area contributed by atoms with Gasteiger partial charge in [0.05, 0.1) is 18.8 Å². The van der Waals surface area contributed by atoms with Crippen LogP contribution in [0.15, 0.2) is 58.9 Å². The van der Waals surface area contributed by atoms with Crippen LogP contribution in [0.4, 0.5) is 0 Å². The van der Waals surface area contributed by atoms with Gasteiger partial charge in [0.25, 0.3) is 5.56 Å². The molecule has 0 atom stereocenters. The van der Waals surface area contributed by atoms with Crippen LogP contribution in [0.25, 0.3) is 21.9 Å². The number of ether oxygens (including phenoxy) is 1. The molecule has 7 nitrogen and oxygen atoms in total. The molecule has 1 N–H and O–H groups in total. The summed E-state index contributed by atoms with van der Waals surface area (Å²) in [4.78, 5) is 24.0. The minimum Gasteiger partial charge on any atom is -0.497 e. The van der Waals surface area contributed by atoms with E-state index in [4.69, 9.17) is 4.74 Å². The Bertz CT molecular complexity index is 1110. The minimum absolute atomic E-state index is 0.263. The molecule has 0 aliphatic heterocycles. The lowest BCUT2D eigenvalue weighted by Crippen LogP contribution is -2.17. The molecule has 1 aromatic carbocycles. The summed E-state index contributed by atoms with van der Waals surface area (Å²) in [6, 6.07) is 9.15. The second kappa shape index (κ2) is 5.62. The van der Waals surface area contributed by atoms with E-state index in [-0.39, 0.29) is 5.56 Å². The molecule has 0 fully saturated rings. The molecule has 0 aliphatic rings. The number of pyridine rings is 1. The maximum atomic E-state index is 12.6. The van der Waals surface area contributed by atoms with Crippen molar-refractivity contribution >= 4 is 28.2 Å². The molecule has 24 heavy (non-hydrogen) atoms. The molecular weight excluding hydrogens is 306 g/mol. The Kier molecular flexibility index (Phi) is 3.31. The number of aromatic amines is 1. The first-order chi connectivity index (χ1) is 11.8. The number of hydrogen-bond acceptors (Lipinski definition) is 5. The normalized spacial score (nSPS) is 11.5. The molecule has 0 aliphatic carbocycles. The molecule has 0 amide bonds. The van der Waals surface area contributed by atoms with Crippen molar-refractivity contribution in [1.82, 2.24) is 19.6 Å². The first-order valence-electron chi connectivity index (χ1n) is 7.28. The summed E-state index contributed by atoms with van der Waals surface area (Å²) < 4.78 is 6.41. The van der Waals surface area contributed by atoms with Crippen molar-refractivity contribution < 1.29 is 4.74 Å². The summed E-state index contributed by atoms with van der Waals surface area (Å²) in [5.74, 6) is 0.713. The van der Waals surface area contributed by atoms with Crippen LogP contribution in [-0.2, 0) is 0 Å².